The SMILES string of the molecule is COc1ccc(C)cc1CNCCC(C)=O. The van der Waals surface area contributed by atoms with E-state index in [0.717, 1.165) is 17.9 Å². The van der Waals surface area contributed by atoms with Crippen molar-refractivity contribution in [1.82, 2.24) is 5.32 Å². The molecule has 0 aliphatic rings. The molecule has 0 amide bonds. The van der Waals surface area contributed by atoms with Gasteiger partial charge >= 0.3 is 0 Å². The lowest BCUT2D eigenvalue weighted by molar-refractivity contribution is -0.116. The Morgan fingerprint density at radius 2 is 2.19 bits per heavy atom. The maximum atomic E-state index is 10.8. The molecule has 16 heavy (non-hydrogen) atoms. The van der Waals surface area contributed by atoms with Crippen LogP contribution < -0.4 is 10.1 Å². The van der Waals surface area contributed by atoms with E-state index >= 15 is 0 Å². The van der Waals surface area contributed by atoms with E-state index < -0.39 is 0 Å². The van der Waals surface area contributed by atoms with Crippen LogP contribution in [-0.4, -0.2) is 19.4 Å². The average Bonchev–Trinajstić information content (AvgIpc) is 2.24. The highest BCUT2D eigenvalue weighted by molar-refractivity contribution is 5.75. The van der Waals surface area contributed by atoms with Gasteiger partial charge in [-0.3, -0.25) is 4.79 Å². The first kappa shape index (κ1) is 12.7. The summed E-state index contributed by atoms with van der Waals surface area (Å²) in [5.74, 6) is 1.10. The molecular formula is C13H19NO2. The van der Waals surface area contributed by atoms with Gasteiger partial charge in [0.15, 0.2) is 0 Å². The molecule has 0 fully saturated rings. The molecule has 0 unspecified atom stereocenters. The molecule has 0 bridgehead atoms. The molecule has 1 aromatic carbocycles. The van der Waals surface area contributed by atoms with Crippen LogP contribution in [0, 0.1) is 6.92 Å². The Kier molecular flexibility index (Phi) is 4.99. The predicted octanol–water partition coefficient (Wildman–Crippen LogP) is 2.07. The van der Waals surface area contributed by atoms with Gasteiger partial charge in [-0.25, -0.2) is 0 Å². The first-order valence-electron chi connectivity index (χ1n) is 5.47. The van der Waals surface area contributed by atoms with Gasteiger partial charge in [0.25, 0.3) is 0 Å². The molecule has 1 N–H and O–H groups in total. The molecule has 0 saturated heterocycles. The van der Waals surface area contributed by atoms with Gasteiger partial charge in [0.1, 0.15) is 11.5 Å². The van der Waals surface area contributed by atoms with Gasteiger partial charge in [-0.2, -0.15) is 0 Å². The van der Waals surface area contributed by atoms with Gasteiger partial charge < -0.3 is 10.1 Å². The van der Waals surface area contributed by atoms with Crippen molar-refractivity contribution in [2.75, 3.05) is 13.7 Å². The lowest BCUT2D eigenvalue weighted by atomic mass is 10.1. The van der Waals surface area contributed by atoms with Gasteiger partial charge in [0.2, 0.25) is 0 Å². The van der Waals surface area contributed by atoms with E-state index in [0.29, 0.717) is 13.0 Å². The first-order chi connectivity index (χ1) is 7.63. The van der Waals surface area contributed by atoms with E-state index in [4.69, 9.17) is 4.74 Å². The fourth-order valence-electron chi connectivity index (χ4n) is 1.53. The molecular weight excluding hydrogens is 202 g/mol. The molecule has 1 aromatic rings. The molecule has 0 radical (unpaired) electrons. The number of aryl methyl sites for hydroxylation is 1. The third-order valence-electron chi connectivity index (χ3n) is 2.41. The summed E-state index contributed by atoms with van der Waals surface area (Å²) in [6, 6.07) is 6.09. The van der Waals surface area contributed by atoms with E-state index in [1.165, 1.54) is 5.56 Å². The number of ether oxygens (including phenoxy) is 1. The summed E-state index contributed by atoms with van der Waals surface area (Å²) in [4.78, 5) is 10.8. The van der Waals surface area contributed by atoms with Gasteiger partial charge in [0.05, 0.1) is 7.11 Å². The number of benzene rings is 1. The van der Waals surface area contributed by atoms with Crippen LogP contribution in [0.3, 0.4) is 0 Å². The van der Waals surface area contributed by atoms with Crippen LogP contribution in [-0.2, 0) is 11.3 Å². The number of nitrogens with one attached hydrogen (secondary N) is 1. The van der Waals surface area contributed by atoms with Crippen molar-refractivity contribution in [3.63, 3.8) is 0 Å². The lowest BCUT2D eigenvalue weighted by Crippen LogP contribution is -2.17. The summed E-state index contributed by atoms with van der Waals surface area (Å²) in [6.45, 7) is 5.11. The van der Waals surface area contributed by atoms with Crippen molar-refractivity contribution in [2.24, 2.45) is 0 Å². The number of hydrogen-bond acceptors (Lipinski definition) is 3. The second kappa shape index (κ2) is 6.28. The van der Waals surface area contributed by atoms with Crippen LogP contribution in [0.4, 0.5) is 0 Å². The Morgan fingerprint density at radius 1 is 1.44 bits per heavy atom. The number of carbonyl (C=O) groups excluding carboxylic acids is 1. The highest BCUT2D eigenvalue weighted by Gasteiger charge is 2.02. The molecule has 0 heterocycles. The van der Waals surface area contributed by atoms with Crippen molar-refractivity contribution in [3.8, 4) is 5.75 Å². The molecule has 0 spiro atoms. The molecule has 0 saturated carbocycles. The summed E-state index contributed by atoms with van der Waals surface area (Å²) in [7, 11) is 1.67. The zero-order chi connectivity index (χ0) is 12.0. The van der Waals surface area contributed by atoms with E-state index in [-0.39, 0.29) is 5.78 Å². The molecule has 0 aliphatic heterocycles. The van der Waals surface area contributed by atoms with E-state index in [2.05, 4.69) is 18.3 Å². The second-order valence-corrected chi connectivity index (χ2v) is 3.94. The fraction of sp³-hybridized carbons (Fsp3) is 0.462. The zero-order valence-electron chi connectivity index (χ0n) is 10.2. The minimum absolute atomic E-state index is 0.212. The maximum absolute atomic E-state index is 10.8. The quantitative estimate of drug-likeness (QED) is 0.747. The molecule has 3 nitrogen and oxygen atoms in total. The number of hydrogen-bond donors (Lipinski definition) is 1. The Labute approximate surface area is 96.8 Å². The Balaban J connectivity index is 2.51. The van der Waals surface area contributed by atoms with Crippen LogP contribution in [0.5, 0.6) is 5.75 Å². The van der Waals surface area contributed by atoms with Crippen LogP contribution in [0.15, 0.2) is 18.2 Å². The number of rotatable bonds is 6. The van der Waals surface area contributed by atoms with Crippen molar-refractivity contribution in [1.29, 1.82) is 0 Å². The van der Waals surface area contributed by atoms with Crippen LogP contribution in [0.1, 0.15) is 24.5 Å². The third-order valence-corrected chi connectivity index (χ3v) is 2.41. The summed E-state index contributed by atoms with van der Waals surface area (Å²) in [5.41, 5.74) is 2.34. The third kappa shape index (κ3) is 4.03. The van der Waals surface area contributed by atoms with Crippen molar-refractivity contribution >= 4 is 5.78 Å². The average molecular weight is 221 g/mol. The smallest absolute Gasteiger partial charge is 0.131 e. The van der Waals surface area contributed by atoms with Gasteiger partial charge in [-0.05, 0) is 19.9 Å². The second-order valence-electron chi connectivity index (χ2n) is 3.94. The largest absolute Gasteiger partial charge is 0.496 e. The number of methoxy groups -OCH3 is 1. The zero-order valence-corrected chi connectivity index (χ0v) is 10.2. The van der Waals surface area contributed by atoms with Crippen LogP contribution in [0.2, 0.25) is 0 Å². The van der Waals surface area contributed by atoms with Gasteiger partial charge in [-0.15, -0.1) is 0 Å². The predicted molar refractivity (Wildman–Crippen MR) is 64.7 cm³/mol. The molecule has 0 aromatic heterocycles. The van der Waals surface area contributed by atoms with Crippen molar-refractivity contribution in [3.05, 3.63) is 29.3 Å². The van der Waals surface area contributed by atoms with Gasteiger partial charge in [-0.1, -0.05) is 17.7 Å². The minimum Gasteiger partial charge on any atom is -0.496 e. The molecule has 0 atom stereocenters. The van der Waals surface area contributed by atoms with Crippen molar-refractivity contribution in [2.45, 2.75) is 26.8 Å². The number of Topliss-reactive ketones (excluding diaryl/α,β-unsaturated/α-hetero) is 1. The number of ketones is 1. The summed E-state index contributed by atoms with van der Waals surface area (Å²) in [6.07, 6.45) is 0.578. The first-order valence-corrected chi connectivity index (χ1v) is 5.47. The lowest BCUT2D eigenvalue weighted by Gasteiger charge is -2.10. The van der Waals surface area contributed by atoms with E-state index in [9.17, 15) is 4.79 Å². The van der Waals surface area contributed by atoms with E-state index in [1.54, 1.807) is 14.0 Å². The van der Waals surface area contributed by atoms with Crippen LogP contribution >= 0.6 is 0 Å². The highest BCUT2D eigenvalue weighted by Crippen LogP contribution is 2.19. The Hall–Kier alpha value is -1.35. The molecule has 88 valence electrons. The fourth-order valence-corrected chi connectivity index (χ4v) is 1.53. The Bertz CT molecular complexity index is 361. The summed E-state index contributed by atoms with van der Waals surface area (Å²) < 4.78 is 5.27. The summed E-state index contributed by atoms with van der Waals surface area (Å²) in [5, 5.41) is 3.23. The molecule has 1 rings (SSSR count). The van der Waals surface area contributed by atoms with Crippen LogP contribution in [0.25, 0.3) is 0 Å². The van der Waals surface area contributed by atoms with E-state index in [1.807, 2.05) is 12.1 Å². The molecule has 0 aliphatic carbocycles. The number of carbonyl (C=O) groups is 1. The Morgan fingerprint density at radius 3 is 2.81 bits per heavy atom. The monoisotopic (exact) mass is 221 g/mol. The van der Waals surface area contributed by atoms with Crippen molar-refractivity contribution < 1.29 is 9.53 Å². The standard InChI is InChI=1S/C13H19NO2/c1-10-4-5-13(16-3)12(8-10)9-14-7-6-11(2)15/h4-5,8,14H,6-7,9H2,1-3H3. The molecule has 3 heteroatoms. The maximum Gasteiger partial charge on any atom is 0.131 e. The minimum atomic E-state index is 0.212. The highest BCUT2D eigenvalue weighted by atomic mass is 16.5. The van der Waals surface area contributed by atoms with Gasteiger partial charge in [0, 0.05) is 25.1 Å². The normalized spacial score (nSPS) is 10.2. The summed E-state index contributed by atoms with van der Waals surface area (Å²) >= 11 is 0. The topological polar surface area (TPSA) is 38.3 Å².